The lowest BCUT2D eigenvalue weighted by molar-refractivity contribution is -0.145. The molecule has 1 heterocycles. The second-order valence-electron chi connectivity index (χ2n) is 3.30. The van der Waals surface area contributed by atoms with E-state index in [-0.39, 0.29) is 31.3 Å². The number of hydrogen-bond acceptors (Lipinski definition) is 7. The molecule has 0 spiro atoms. The third-order valence-corrected chi connectivity index (χ3v) is 2.09. The van der Waals surface area contributed by atoms with Gasteiger partial charge in [0.2, 0.25) is 5.88 Å². The van der Waals surface area contributed by atoms with Gasteiger partial charge in [-0.25, -0.2) is 9.59 Å². The van der Waals surface area contributed by atoms with E-state index in [0.29, 0.717) is 0 Å². The molecule has 0 saturated carbocycles. The van der Waals surface area contributed by atoms with E-state index in [1.54, 1.807) is 19.9 Å². The highest BCUT2D eigenvalue weighted by molar-refractivity contribution is 5.93. The number of carbonyl (C=O) groups excluding carboxylic acids is 2. The third-order valence-electron chi connectivity index (χ3n) is 2.09. The Labute approximate surface area is 104 Å². The van der Waals surface area contributed by atoms with Crippen molar-refractivity contribution in [1.82, 2.24) is 5.32 Å². The summed E-state index contributed by atoms with van der Waals surface area (Å²) in [5, 5.41) is 11.5. The minimum Gasteiger partial charge on any atom is -0.475 e. The number of nitriles is 1. The Hall–Kier alpha value is -2.23. The van der Waals surface area contributed by atoms with Gasteiger partial charge in [0, 0.05) is 0 Å². The first-order valence-corrected chi connectivity index (χ1v) is 5.51. The van der Waals surface area contributed by atoms with Crippen molar-refractivity contribution >= 4 is 11.9 Å². The van der Waals surface area contributed by atoms with Gasteiger partial charge in [-0.15, -0.1) is 0 Å². The second kappa shape index (κ2) is 6.49. The Balaban J connectivity index is 2.76. The van der Waals surface area contributed by atoms with Gasteiger partial charge >= 0.3 is 11.9 Å². The number of hydrogen-bond donors (Lipinski definition) is 1. The molecule has 1 rings (SSSR count). The third kappa shape index (κ3) is 3.13. The molecule has 98 valence electrons. The largest absolute Gasteiger partial charge is 0.475 e. The Morgan fingerprint density at radius 2 is 2.11 bits per heavy atom. The molecule has 1 unspecified atom stereocenters. The Bertz CT molecular complexity index is 410. The van der Waals surface area contributed by atoms with Crippen LogP contribution < -0.4 is 5.32 Å². The van der Waals surface area contributed by atoms with E-state index >= 15 is 0 Å². The molecule has 18 heavy (non-hydrogen) atoms. The Morgan fingerprint density at radius 3 is 2.67 bits per heavy atom. The lowest BCUT2D eigenvalue weighted by atomic mass is 10.3. The van der Waals surface area contributed by atoms with Crippen LogP contribution in [0.5, 0.6) is 0 Å². The van der Waals surface area contributed by atoms with Crippen molar-refractivity contribution in [2.75, 3.05) is 19.8 Å². The van der Waals surface area contributed by atoms with Crippen LogP contribution in [0.15, 0.2) is 11.5 Å². The average Bonchev–Trinajstić information content (AvgIpc) is 2.80. The predicted molar refractivity (Wildman–Crippen MR) is 58.8 cm³/mol. The van der Waals surface area contributed by atoms with Crippen LogP contribution in [0.25, 0.3) is 0 Å². The van der Waals surface area contributed by atoms with Crippen molar-refractivity contribution in [2.24, 2.45) is 0 Å². The van der Waals surface area contributed by atoms with Gasteiger partial charge in [-0.1, -0.05) is 0 Å². The van der Waals surface area contributed by atoms with Gasteiger partial charge < -0.3 is 19.5 Å². The molecule has 7 nitrogen and oxygen atoms in total. The van der Waals surface area contributed by atoms with Crippen LogP contribution in [-0.4, -0.2) is 37.8 Å². The first kappa shape index (κ1) is 13.8. The summed E-state index contributed by atoms with van der Waals surface area (Å²) in [5.41, 5.74) is -0.288. The van der Waals surface area contributed by atoms with E-state index in [0.717, 1.165) is 0 Å². The highest BCUT2D eigenvalue weighted by Crippen LogP contribution is 2.13. The maximum Gasteiger partial charge on any atom is 0.354 e. The average molecular weight is 254 g/mol. The Morgan fingerprint density at radius 1 is 1.44 bits per heavy atom. The second-order valence-corrected chi connectivity index (χ2v) is 3.30. The van der Waals surface area contributed by atoms with Gasteiger partial charge in [-0.2, -0.15) is 5.26 Å². The number of nitrogens with zero attached hydrogens (tertiary/aromatic N) is 1. The fourth-order valence-electron chi connectivity index (χ4n) is 1.31. The monoisotopic (exact) mass is 254 g/mol. The molecular weight excluding hydrogens is 240 g/mol. The number of nitrogens with one attached hydrogen (secondary N) is 1. The van der Waals surface area contributed by atoms with Gasteiger partial charge in [0.05, 0.1) is 13.2 Å². The van der Waals surface area contributed by atoms with Crippen LogP contribution in [0.2, 0.25) is 0 Å². The molecule has 1 N–H and O–H groups in total. The molecule has 0 bridgehead atoms. The predicted octanol–water partition coefficient (Wildman–Crippen LogP) is -0.164. The molecule has 0 aromatic carbocycles. The molecule has 0 amide bonds. The zero-order chi connectivity index (χ0) is 13.5. The first-order chi connectivity index (χ1) is 8.63. The molecule has 7 heteroatoms. The van der Waals surface area contributed by atoms with Crippen LogP contribution in [0.3, 0.4) is 0 Å². The van der Waals surface area contributed by atoms with Crippen molar-refractivity contribution in [3.05, 3.63) is 11.5 Å². The summed E-state index contributed by atoms with van der Waals surface area (Å²) in [6.45, 7) is 3.72. The van der Waals surface area contributed by atoms with Crippen LogP contribution in [0, 0.1) is 11.3 Å². The van der Waals surface area contributed by atoms with E-state index in [2.05, 4.69) is 5.32 Å². The molecule has 0 aromatic heterocycles. The summed E-state index contributed by atoms with van der Waals surface area (Å²) in [4.78, 5) is 22.8. The zero-order valence-electron chi connectivity index (χ0n) is 10.2. The summed E-state index contributed by atoms with van der Waals surface area (Å²) in [6.07, 6.45) is 0. The SMILES string of the molecule is CCOC(=O)/C(C#N)=C1\NC(C(=O)OCC)CO1. The molecule has 1 fully saturated rings. The number of rotatable bonds is 4. The van der Waals surface area contributed by atoms with Gasteiger partial charge in [-0.05, 0) is 13.8 Å². The van der Waals surface area contributed by atoms with Crippen LogP contribution in [0.1, 0.15) is 13.8 Å². The minimum atomic E-state index is -0.785. The molecule has 0 aliphatic carbocycles. The molecule has 1 aliphatic rings. The standard InChI is InChI=1S/C11H14N2O5/c1-3-16-10(14)7(5-12)9-13-8(6-18-9)11(15)17-4-2/h8,13H,3-4,6H2,1-2H3/b9-7+. The van der Waals surface area contributed by atoms with Crippen molar-refractivity contribution in [3.8, 4) is 6.07 Å². The lowest BCUT2D eigenvalue weighted by Crippen LogP contribution is -2.34. The molecular formula is C11H14N2O5. The van der Waals surface area contributed by atoms with Gasteiger partial charge in [0.1, 0.15) is 12.7 Å². The van der Waals surface area contributed by atoms with Gasteiger partial charge in [-0.3, -0.25) is 0 Å². The topological polar surface area (TPSA) is 97.7 Å². The molecule has 1 saturated heterocycles. The van der Waals surface area contributed by atoms with E-state index < -0.39 is 18.0 Å². The molecule has 1 aliphatic heterocycles. The lowest BCUT2D eigenvalue weighted by Gasteiger charge is -2.07. The van der Waals surface area contributed by atoms with Gasteiger partial charge in [0.25, 0.3) is 0 Å². The van der Waals surface area contributed by atoms with Crippen LogP contribution in [-0.2, 0) is 23.8 Å². The van der Waals surface area contributed by atoms with E-state index in [1.165, 1.54) is 0 Å². The minimum absolute atomic E-state index is 0.0127. The number of ether oxygens (including phenoxy) is 3. The number of carbonyl (C=O) groups is 2. The zero-order valence-corrected chi connectivity index (χ0v) is 10.2. The van der Waals surface area contributed by atoms with Crippen molar-refractivity contribution in [1.29, 1.82) is 5.26 Å². The van der Waals surface area contributed by atoms with E-state index in [9.17, 15) is 9.59 Å². The fraction of sp³-hybridized carbons (Fsp3) is 0.545. The highest BCUT2D eigenvalue weighted by atomic mass is 16.6. The maximum absolute atomic E-state index is 11.4. The van der Waals surface area contributed by atoms with Gasteiger partial charge in [0.15, 0.2) is 11.6 Å². The smallest absolute Gasteiger partial charge is 0.354 e. The fourth-order valence-corrected chi connectivity index (χ4v) is 1.31. The summed E-state index contributed by atoms with van der Waals surface area (Å²) in [5.74, 6) is -1.32. The summed E-state index contributed by atoms with van der Waals surface area (Å²) < 4.78 is 14.6. The van der Waals surface area contributed by atoms with Crippen molar-refractivity contribution in [3.63, 3.8) is 0 Å². The van der Waals surface area contributed by atoms with E-state index in [1.807, 2.05) is 0 Å². The summed E-state index contributed by atoms with van der Waals surface area (Å²) in [7, 11) is 0. The summed E-state index contributed by atoms with van der Waals surface area (Å²) in [6, 6.07) is 0.975. The number of esters is 2. The van der Waals surface area contributed by atoms with Crippen LogP contribution >= 0.6 is 0 Å². The molecule has 1 atom stereocenters. The molecule has 0 radical (unpaired) electrons. The summed E-state index contributed by atoms with van der Waals surface area (Å²) >= 11 is 0. The van der Waals surface area contributed by atoms with Crippen molar-refractivity contribution < 1.29 is 23.8 Å². The van der Waals surface area contributed by atoms with E-state index in [4.69, 9.17) is 19.5 Å². The maximum atomic E-state index is 11.4. The first-order valence-electron chi connectivity index (χ1n) is 5.51. The van der Waals surface area contributed by atoms with Crippen LogP contribution in [0.4, 0.5) is 0 Å². The Kier molecular flexibility index (Phi) is 4.99. The van der Waals surface area contributed by atoms with Crippen molar-refractivity contribution in [2.45, 2.75) is 19.9 Å². The highest BCUT2D eigenvalue weighted by Gasteiger charge is 2.32. The quantitative estimate of drug-likeness (QED) is 0.422. The normalized spacial score (nSPS) is 20.2. The molecule has 0 aromatic rings.